The summed E-state index contributed by atoms with van der Waals surface area (Å²) < 4.78 is 1.79. The number of halogens is 3. The number of rotatable bonds is 5. The molecule has 2 aromatic carbocycles. The fourth-order valence-corrected chi connectivity index (χ4v) is 7.83. The maximum Gasteiger partial charge on any atom is 0.183 e. The van der Waals surface area contributed by atoms with E-state index in [0.717, 1.165) is 28.7 Å². The van der Waals surface area contributed by atoms with Crippen molar-refractivity contribution in [3.63, 3.8) is 0 Å². The summed E-state index contributed by atoms with van der Waals surface area (Å²) in [6.07, 6.45) is 7.28. The molecule has 4 fully saturated rings. The zero-order valence-corrected chi connectivity index (χ0v) is 21.4. The minimum Gasteiger partial charge on any atom is -0.292 e. The fourth-order valence-electron chi connectivity index (χ4n) is 7.22. The Kier molecular flexibility index (Phi) is 5.79. The van der Waals surface area contributed by atoms with Crippen LogP contribution in [0, 0.1) is 36.5 Å². The Labute approximate surface area is 215 Å². The third kappa shape index (κ3) is 3.90. The Hall–Kier alpha value is -1.81. The van der Waals surface area contributed by atoms with Crippen LogP contribution in [0.3, 0.4) is 0 Å². The van der Waals surface area contributed by atoms with Crippen LogP contribution < -0.4 is 0 Å². The van der Waals surface area contributed by atoms with Crippen LogP contribution in [0.4, 0.5) is 0 Å². The lowest BCUT2D eigenvalue weighted by Crippen LogP contribution is -2.45. The zero-order chi connectivity index (χ0) is 23.6. The summed E-state index contributed by atoms with van der Waals surface area (Å²) in [6.45, 7) is 1.99. The molecule has 4 saturated carbocycles. The molecule has 3 nitrogen and oxygen atoms in total. The summed E-state index contributed by atoms with van der Waals surface area (Å²) in [7, 11) is 0. The highest BCUT2D eigenvalue weighted by atomic mass is 35.5. The first kappa shape index (κ1) is 22.6. The predicted octanol–water partition coefficient (Wildman–Crippen LogP) is 8.45. The normalized spacial score (nSPS) is 27.4. The van der Waals surface area contributed by atoms with Gasteiger partial charge in [-0.1, -0.05) is 46.9 Å². The topological polar surface area (TPSA) is 34.9 Å². The van der Waals surface area contributed by atoms with Crippen molar-refractivity contribution in [2.75, 3.05) is 0 Å². The third-order valence-electron chi connectivity index (χ3n) is 8.48. The van der Waals surface area contributed by atoms with E-state index in [1.54, 1.807) is 16.8 Å². The van der Waals surface area contributed by atoms with Gasteiger partial charge >= 0.3 is 0 Å². The number of Topliss-reactive ketones (excluding diaryl/α,β-unsaturated/α-hetero) is 1. The molecule has 4 bridgehead atoms. The molecule has 0 atom stereocenters. The SMILES string of the molecule is Cc1c(C(=O)CC2C3CC4CC(C3)CC2C4)nn(-c2ccc(Cl)cc2Cl)c1-c1ccc(Cl)cc1. The van der Waals surface area contributed by atoms with Crippen LogP contribution in [-0.4, -0.2) is 15.6 Å². The fraction of sp³-hybridized carbons (Fsp3) is 0.429. The van der Waals surface area contributed by atoms with Gasteiger partial charge in [-0.3, -0.25) is 4.79 Å². The lowest BCUT2D eigenvalue weighted by atomic mass is 9.51. The summed E-state index contributed by atoms with van der Waals surface area (Å²) in [5.41, 5.74) is 3.92. The largest absolute Gasteiger partial charge is 0.292 e. The molecule has 4 aliphatic rings. The summed E-state index contributed by atoms with van der Waals surface area (Å²) >= 11 is 18.9. The zero-order valence-electron chi connectivity index (χ0n) is 19.1. The molecule has 0 radical (unpaired) electrons. The quantitative estimate of drug-likeness (QED) is 0.321. The van der Waals surface area contributed by atoms with Gasteiger partial charge in [0, 0.05) is 27.6 Å². The molecular weight excluding hydrogens is 487 g/mol. The number of carbonyl (C=O) groups is 1. The first-order chi connectivity index (χ1) is 16.4. The van der Waals surface area contributed by atoms with Crippen molar-refractivity contribution in [1.82, 2.24) is 9.78 Å². The van der Waals surface area contributed by atoms with Gasteiger partial charge in [-0.2, -0.15) is 5.10 Å². The summed E-state index contributed by atoms with van der Waals surface area (Å²) in [6, 6.07) is 13.0. The lowest BCUT2D eigenvalue weighted by Gasteiger charge is -2.54. The minimum atomic E-state index is 0.147. The highest BCUT2D eigenvalue weighted by molar-refractivity contribution is 6.35. The molecule has 7 rings (SSSR count). The van der Waals surface area contributed by atoms with Crippen LogP contribution in [0.25, 0.3) is 16.9 Å². The number of carbonyl (C=O) groups excluding carboxylic acids is 1. The van der Waals surface area contributed by atoms with E-state index < -0.39 is 0 Å². The van der Waals surface area contributed by atoms with Crippen LogP contribution in [0.5, 0.6) is 0 Å². The van der Waals surface area contributed by atoms with Gasteiger partial charge in [0.1, 0.15) is 5.69 Å². The highest BCUT2D eigenvalue weighted by Crippen LogP contribution is 2.57. The Morgan fingerprint density at radius 3 is 2.15 bits per heavy atom. The molecule has 3 aromatic rings. The molecule has 0 amide bonds. The van der Waals surface area contributed by atoms with E-state index in [1.165, 1.54) is 32.1 Å². The van der Waals surface area contributed by atoms with E-state index in [4.69, 9.17) is 39.9 Å². The molecule has 1 heterocycles. The molecule has 0 unspecified atom stereocenters. The van der Waals surface area contributed by atoms with Crippen molar-refractivity contribution in [2.45, 2.75) is 45.4 Å². The van der Waals surface area contributed by atoms with E-state index in [-0.39, 0.29) is 5.78 Å². The number of benzene rings is 2. The van der Waals surface area contributed by atoms with E-state index in [1.807, 2.05) is 37.3 Å². The van der Waals surface area contributed by atoms with E-state index in [9.17, 15) is 4.79 Å². The van der Waals surface area contributed by atoms with Gasteiger partial charge in [-0.15, -0.1) is 0 Å². The van der Waals surface area contributed by atoms with Crippen LogP contribution in [0.15, 0.2) is 42.5 Å². The van der Waals surface area contributed by atoms with Crippen molar-refractivity contribution >= 4 is 40.6 Å². The van der Waals surface area contributed by atoms with Gasteiger partial charge in [-0.25, -0.2) is 4.68 Å². The van der Waals surface area contributed by atoms with Gasteiger partial charge < -0.3 is 0 Å². The summed E-state index contributed by atoms with van der Waals surface area (Å²) in [5.74, 6) is 3.88. The van der Waals surface area contributed by atoms with Crippen molar-refractivity contribution in [3.05, 3.63) is 68.8 Å². The molecule has 1 aromatic heterocycles. The Morgan fingerprint density at radius 2 is 1.53 bits per heavy atom. The van der Waals surface area contributed by atoms with E-state index >= 15 is 0 Å². The van der Waals surface area contributed by atoms with Crippen LogP contribution in [-0.2, 0) is 0 Å². The van der Waals surface area contributed by atoms with Crippen LogP contribution >= 0.6 is 34.8 Å². The number of ketones is 1. The lowest BCUT2D eigenvalue weighted by molar-refractivity contribution is -0.0367. The number of aromatic nitrogens is 2. The second kappa shape index (κ2) is 8.69. The van der Waals surface area contributed by atoms with Crippen LogP contribution in [0.1, 0.15) is 54.6 Å². The molecular formula is C28H27Cl3N2O. The Balaban J connectivity index is 1.39. The van der Waals surface area contributed by atoms with Crippen molar-refractivity contribution in [3.8, 4) is 16.9 Å². The molecule has 0 N–H and O–H groups in total. The third-order valence-corrected chi connectivity index (χ3v) is 9.27. The van der Waals surface area contributed by atoms with Crippen molar-refractivity contribution in [1.29, 1.82) is 0 Å². The molecule has 6 heteroatoms. The molecule has 4 aliphatic carbocycles. The van der Waals surface area contributed by atoms with E-state index in [0.29, 0.717) is 50.6 Å². The second-order valence-electron chi connectivity index (χ2n) is 10.6. The Bertz CT molecular complexity index is 1240. The molecule has 176 valence electrons. The Morgan fingerprint density at radius 1 is 0.912 bits per heavy atom. The van der Waals surface area contributed by atoms with Gasteiger partial charge in [0.15, 0.2) is 5.78 Å². The van der Waals surface area contributed by atoms with Crippen molar-refractivity contribution in [2.24, 2.45) is 29.6 Å². The molecule has 0 spiro atoms. The summed E-state index contributed by atoms with van der Waals surface area (Å²) in [4.78, 5) is 13.7. The number of hydrogen-bond donors (Lipinski definition) is 0. The van der Waals surface area contributed by atoms with Crippen LogP contribution in [0.2, 0.25) is 15.1 Å². The predicted molar refractivity (Wildman–Crippen MR) is 138 cm³/mol. The average molecular weight is 514 g/mol. The maximum absolute atomic E-state index is 13.7. The standard InChI is InChI=1S/C28H27Cl3N2O/c1-15-27(26(34)14-23-19-9-16-8-17(11-19)12-20(23)10-16)32-33(25-7-6-22(30)13-24(25)31)28(15)18-2-4-21(29)5-3-18/h2-7,13,16-17,19-20,23H,8-12,14H2,1H3. The average Bonchev–Trinajstić information content (AvgIpc) is 3.13. The van der Waals surface area contributed by atoms with Gasteiger partial charge in [-0.05, 0) is 98.9 Å². The van der Waals surface area contributed by atoms with Crippen molar-refractivity contribution < 1.29 is 4.79 Å². The number of hydrogen-bond acceptors (Lipinski definition) is 2. The minimum absolute atomic E-state index is 0.147. The molecule has 0 aliphatic heterocycles. The van der Waals surface area contributed by atoms with E-state index in [2.05, 4.69) is 0 Å². The van der Waals surface area contributed by atoms with Gasteiger partial charge in [0.2, 0.25) is 0 Å². The molecule has 34 heavy (non-hydrogen) atoms. The molecule has 0 saturated heterocycles. The second-order valence-corrected chi connectivity index (χ2v) is 11.8. The first-order valence-corrected chi connectivity index (χ1v) is 13.3. The number of nitrogens with zero attached hydrogens (tertiary/aromatic N) is 2. The maximum atomic E-state index is 13.7. The first-order valence-electron chi connectivity index (χ1n) is 12.2. The smallest absolute Gasteiger partial charge is 0.183 e. The highest BCUT2D eigenvalue weighted by Gasteiger charge is 2.48. The summed E-state index contributed by atoms with van der Waals surface area (Å²) in [5, 5.41) is 6.57. The van der Waals surface area contributed by atoms with Gasteiger partial charge in [0.05, 0.1) is 16.4 Å². The van der Waals surface area contributed by atoms with Gasteiger partial charge in [0.25, 0.3) is 0 Å². The monoisotopic (exact) mass is 512 g/mol.